The number of ether oxygens (including phenoxy) is 2. The summed E-state index contributed by atoms with van der Waals surface area (Å²) >= 11 is 0. The Morgan fingerprint density at radius 3 is 2.75 bits per heavy atom. The minimum atomic E-state index is -1.13. The van der Waals surface area contributed by atoms with Gasteiger partial charge in [-0.3, -0.25) is 0 Å². The number of nitrogens with zero attached hydrogens (tertiary/aromatic N) is 3. The highest BCUT2D eigenvalue weighted by Gasteiger charge is 2.39. The third kappa shape index (κ3) is 4.45. The number of hydrogen-bond acceptors (Lipinski definition) is 8. The normalized spacial score (nSPS) is 22.6. The molecule has 8 nitrogen and oxygen atoms in total. The fraction of sp³-hybridized carbons (Fsp3) is 0.750. The molecular weight excluding hydrogens is 264 g/mol. The van der Waals surface area contributed by atoms with Crippen LogP contribution in [0.4, 0.5) is 0 Å². The maximum absolute atomic E-state index is 11.4. The van der Waals surface area contributed by atoms with E-state index in [0.717, 1.165) is 0 Å². The molecule has 20 heavy (non-hydrogen) atoms. The number of likely N-dealkylation sites (N-methyl/N-ethyl adjacent to an activating group) is 1. The van der Waals surface area contributed by atoms with Crippen LogP contribution in [-0.4, -0.2) is 62.9 Å². The summed E-state index contributed by atoms with van der Waals surface area (Å²) in [5.74, 6) is -1.95. The number of rotatable bonds is 5. The van der Waals surface area contributed by atoms with Crippen molar-refractivity contribution in [3.8, 4) is 6.07 Å². The SMILES string of the molecule is C.CCOC(=O)C(C#N)=NOC1(N(C)C)CNCCO1. The second-order valence-corrected chi connectivity index (χ2v) is 4.00. The fourth-order valence-corrected chi connectivity index (χ4v) is 1.43. The second-order valence-electron chi connectivity index (χ2n) is 4.00. The van der Waals surface area contributed by atoms with E-state index in [1.54, 1.807) is 32.0 Å². The Morgan fingerprint density at radius 1 is 1.60 bits per heavy atom. The van der Waals surface area contributed by atoms with Gasteiger partial charge in [-0.25, -0.2) is 9.69 Å². The molecule has 0 spiro atoms. The topological polar surface area (TPSA) is 96.2 Å². The van der Waals surface area contributed by atoms with E-state index in [1.807, 2.05) is 0 Å². The summed E-state index contributed by atoms with van der Waals surface area (Å²) in [4.78, 5) is 18.3. The molecule has 0 amide bonds. The molecule has 1 fully saturated rings. The molecule has 0 aromatic carbocycles. The molecule has 1 aliphatic rings. The van der Waals surface area contributed by atoms with Crippen molar-refractivity contribution < 1.29 is 19.1 Å². The Labute approximate surface area is 119 Å². The lowest BCUT2D eigenvalue weighted by Gasteiger charge is -2.39. The zero-order chi connectivity index (χ0) is 14.3. The van der Waals surface area contributed by atoms with Crippen LogP contribution in [0.5, 0.6) is 0 Å². The van der Waals surface area contributed by atoms with Crippen LogP contribution in [0.1, 0.15) is 14.4 Å². The molecule has 0 radical (unpaired) electrons. The summed E-state index contributed by atoms with van der Waals surface area (Å²) in [7, 11) is 3.50. The Kier molecular flexibility index (Phi) is 7.76. The second kappa shape index (κ2) is 8.47. The average Bonchev–Trinajstić information content (AvgIpc) is 2.40. The minimum absolute atomic E-state index is 0. The first-order chi connectivity index (χ1) is 9.05. The summed E-state index contributed by atoms with van der Waals surface area (Å²) in [5, 5.41) is 15.5. The van der Waals surface area contributed by atoms with E-state index in [2.05, 4.69) is 15.2 Å². The van der Waals surface area contributed by atoms with E-state index in [0.29, 0.717) is 19.7 Å². The van der Waals surface area contributed by atoms with Gasteiger partial charge in [-0.1, -0.05) is 12.6 Å². The van der Waals surface area contributed by atoms with Gasteiger partial charge in [0.05, 0.1) is 19.8 Å². The minimum Gasteiger partial charge on any atom is -0.461 e. The van der Waals surface area contributed by atoms with Gasteiger partial charge in [-0.05, 0) is 21.0 Å². The number of nitriles is 1. The predicted molar refractivity (Wildman–Crippen MR) is 72.7 cm³/mol. The Balaban J connectivity index is 0.00000361. The van der Waals surface area contributed by atoms with Gasteiger partial charge >= 0.3 is 11.9 Å². The van der Waals surface area contributed by atoms with E-state index in [1.165, 1.54) is 0 Å². The fourth-order valence-electron chi connectivity index (χ4n) is 1.43. The third-order valence-corrected chi connectivity index (χ3v) is 2.49. The van der Waals surface area contributed by atoms with Crippen LogP contribution in [0.15, 0.2) is 5.16 Å². The molecule has 114 valence electrons. The summed E-state index contributed by atoms with van der Waals surface area (Å²) < 4.78 is 10.2. The first-order valence-corrected chi connectivity index (χ1v) is 5.91. The highest BCUT2D eigenvalue weighted by atomic mass is 16.8. The number of carbonyl (C=O) groups excluding carboxylic acids is 1. The lowest BCUT2D eigenvalue weighted by Crippen LogP contribution is -2.59. The van der Waals surface area contributed by atoms with Gasteiger partial charge in [0.25, 0.3) is 5.71 Å². The molecule has 1 rings (SSSR count). The highest BCUT2D eigenvalue weighted by molar-refractivity contribution is 6.42. The molecule has 1 aliphatic heterocycles. The summed E-state index contributed by atoms with van der Waals surface area (Å²) in [6, 6.07) is 1.64. The molecule has 0 aromatic rings. The summed E-state index contributed by atoms with van der Waals surface area (Å²) in [6.45, 7) is 3.31. The van der Waals surface area contributed by atoms with Gasteiger partial charge in [-0.15, -0.1) is 0 Å². The van der Waals surface area contributed by atoms with E-state index in [4.69, 9.17) is 14.8 Å². The molecule has 0 bridgehead atoms. The Bertz CT molecular complexity index is 383. The largest absolute Gasteiger partial charge is 0.461 e. The van der Waals surface area contributed by atoms with Crippen molar-refractivity contribution in [1.82, 2.24) is 10.2 Å². The average molecular weight is 286 g/mol. The molecule has 1 atom stereocenters. The predicted octanol–water partition coefficient (Wildman–Crippen LogP) is -0.0830. The van der Waals surface area contributed by atoms with Gasteiger partial charge < -0.3 is 19.6 Å². The standard InChI is InChI=1S/C11H18N4O4.CH4/c1-4-17-10(16)9(7-12)14-19-11(15(2)3)8-13-5-6-18-11;/h13H,4-6,8H2,1-3H3;1H4. The quantitative estimate of drug-likeness (QED) is 0.327. The van der Waals surface area contributed by atoms with E-state index in [-0.39, 0.29) is 14.0 Å². The molecule has 1 N–H and O–H groups in total. The number of oxime groups is 1. The van der Waals surface area contributed by atoms with Crippen LogP contribution in [-0.2, 0) is 19.1 Å². The van der Waals surface area contributed by atoms with Crippen molar-refractivity contribution in [3.05, 3.63) is 0 Å². The van der Waals surface area contributed by atoms with Gasteiger partial charge in [0, 0.05) is 6.54 Å². The van der Waals surface area contributed by atoms with Crippen LogP contribution in [0.3, 0.4) is 0 Å². The number of morpholine rings is 1. The summed E-state index contributed by atoms with van der Waals surface area (Å²) in [6.07, 6.45) is 0. The van der Waals surface area contributed by atoms with Crippen molar-refractivity contribution in [2.45, 2.75) is 20.3 Å². The van der Waals surface area contributed by atoms with Crippen LogP contribution in [0, 0.1) is 11.3 Å². The van der Waals surface area contributed by atoms with Crippen LogP contribution in [0.2, 0.25) is 0 Å². The van der Waals surface area contributed by atoms with E-state index in [9.17, 15) is 4.79 Å². The lowest BCUT2D eigenvalue weighted by atomic mass is 10.3. The van der Waals surface area contributed by atoms with Crippen molar-refractivity contribution >= 4 is 11.7 Å². The molecule has 1 saturated heterocycles. The Hall–Kier alpha value is -1.69. The molecule has 0 saturated carbocycles. The monoisotopic (exact) mass is 286 g/mol. The molecule has 0 aromatic heterocycles. The third-order valence-electron chi connectivity index (χ3n) is 2.49. The molecule has 0 aliphatic carbocycles. The van der Waals surface area contributed by atoms with Crippen molar-refractivity contribution in [1.29, 1.82) is 5.26 Å². The lowest BCUT2D eigenvalue weighted by molar-refractivity contribution is -0.314. The summed E-state index contributed by atoms with van der Waals surface area (Å²) in [5.41, 5.74) is -0.447. The van der Waals surface area contributed by atoms with Gasteiger partial charge in [0.1, 0.15) is 6.07 Å². The van der Waals surface area contributed by atoms with Crippen molar-refractivity contribution in [3.63, 3.8) is 0 Å². The smallest absolute Gasteiger partial charge is 0.371 e. The highest BCUT2D eigenvalue weighted by Crippen LogP contribution is 2.18. The first-order valence-electron chi connectivity index (χ1n) is 5.91. The van der Waals surface area contributed by atoms with Gasteiger partial charge in [-0.2, -0.15) is 5.26 Å². The van der Waals surface area contributed by atoms with Crippen molar-refractivity contribution in [2.75, 3.05) is 40.4 Å². The van der Waals surface area contributed by atoms with E-state index >= 15 is 0 Å². The maximum Gasteiger partial charge on any atom is 0.371 e. The first kappa shape index (κ1) is 18.3. The molecular formula is C12H22N4O4. The van der Waals surface area contributed by atoms with Crippen LogP contribution >= 0.6 is 0 Å². The van der Waals surface area contributed by atoms with Crippen molar-refractivity contribution in [2.24, 2.45) is 5.16 Å². The number of hydrogen-bond donors (Lipinski definition) is 1. The molecule has 1 heterocycles. The zero-order valence-corrected chi connectivity index (χ0v) is 11.3. The van der Waals surface area contributed by atoms with Gasteiger partial charge in [0.2, 0.25) is 0 Å². The molecule has 8 heteroatoms. The van der Waals surface area contributed by atoms with Gasteiger partial charge in [0.15, 0.2) is 0 Å². The van der Waals surface area contributed by atoms with Crippen LogP contribution in [0.25, 0.3) is 0 Å². The molecule has 1 unspecified atom stereocenters. The maximum atomic E-state index is 11.4. The van der Waals surface area contributed by atoms with Crippen LogP contribution < -0.4 is 5.32 Å². The number of carbonyl (C=O) groups is 1. The number of esters is 1. The zero-order valence-electron chi connectivity index (χ0n) is 11.3. The number of nitrogens with one attached hydrogen (secondary N) is 1. The Morgan fingerprint density at radius 2 is 2.30 bits per heavy atom. The van der Waals surface area contributed by atoms with E-state index < -0.39 is 17.6 Å².